The predicted octanol–water partition coefficient (Wildman–Crippen LogP) is 7.66. The second kappa shape index (κ2) is 17.1. The number of sulfone groups is 1. The van der Waals surface area contributed by atoms with E-state index >= 15 is 0 Å². The Hall–Kier alpha value is -3.16. The molecule has 15 heteroatoms. The van der Waals surface area contributed by atoms with Gasteiger partial charge in [0, 0.05) is 28.8 Å². The average molecular weight is 731 g/mol. The summed E-state index contributed by atoms with van der Waals surface area (Å²) in [6, 6.07) is 12.6. The lowest BCUT2D eigenvalue weighted by Crippen LogP contribution is -2.34. The van der Waals surface area contributed by atoms with Crippen LogP contribution >= 0.6 is 46.6 Å². The van der Waals surface area contributed by atoms with Crippen molar-refractivity contribution in [1.82, 2.24) is 5.32 Å². The number of halogens is 3. The highest BCUT2D eigenvalue weighted by Crippen LogP contribution is 2.35. The molecule has 0 radical (unpaired) electrons. The van der Waals surface area contributed by atoms with Crippen LogP contribution in [-0.2, 0) is 19.4 Å². The number of ether oxygens (including phenoxy) is 1. The molecule has 3 amide bonds. The van der Waals surface area contributed by atoms with E-state index in [9.17, 15) is 27.9 Å². The third-order valence-corrected chi connectivity index (χ3v) is 11.1. The fraction of sp³-hybridized carbons (Fsp3) is 0.323. The zero-order valence-corrected chi connectivity index (χ0v) is 29.1. The van der Waals surface area contributed by atoms with Crippen LogP contribution in [0.3, 0.4) is 0 Å². The van der Waals surface area contributed by atoms with Crippen LogP contribution in [0.15, 0.2) is 64.4 Å². The molecular formula is C31H34Cl3N3O7S2. The summed E-state index contributed by atoms with van der Waals surface area (Å²) in [5.74, 6) is -1.05. The Labute approximate surface area is 287 Å². The van der Waals surface area contributed by atoms with Gasteiger partial charge in [0.25, 0.3) is 5.91 Å². The van der Waals surface area contributed by atoms with Crippen LogP contribution in [0.2, 0.25) is 15.1 Å². The summed E-state index contributed by atoms with van der Waals surface area (Å²) in [7, 11) is -4.11. The highest BCUT2D eigenvalue weighted by atomic mass is 35.5. The van der Waals surface area contributed by atoms with Gasteiger partial charge in [0.15, 0.2) is 9.84 Å². The van der Waals surface area contributed by atoms with Crippen molar-refractivity contribution < 1.29 is 32.6 Å². The Kier molecular flexibility index (Phi) is 13.9. The van der Waals surface area contributed by atoms with E-state index < -0.39 is 38.7 Å². The van der Waals surface area contributed by atoms with Crippen molar-refractivity contribution in [2.75, 3.05) is 29.5 Å². The van der Waals surface area contributed by atoms with E-state index in [1.54, 1.807) is 19.1 Å². The minimum atomic E-state index is -4.11. The van der Waals surface area contributed by atoms with Gasteiger partial charge in [-0.05, 0) is 60.9 Å². The summed E-state index contributed by atoms with van der Waals surface area (Å²) >= 11 is 19.6. The van der Waals surface area contributed by atoms with Crippen molar-refractivity contribution in [3.05, 3.63) is 75.2 Å². The summed E-state index contributed by atoms with van der Waals surface area (Å²) in [6.07, 6.45) is 0.428. The number of thioether (sulfide) groups is 1. The first-order valence-electron chi connectivity index (χ1n) is 14.2. The third kappa shape index (κ3) is 10.2. The molecule has 0 aliphatic rings. The number of phenolic OH excluding ortho intramolecular Hbond substituents is 1. The molecular weight excluding hydrogens is 697 g/mol. The number of nitrogens with one attached hydrogen (secondary N) is 3. The molecule has 248 valence electrons. The maximum Gasteiger partial charge on any atom is 0.407 e. The number of carbonyl (C=O) groups is 3. The molecule has 0 saturated carbocycles. The number of amides is 3. The minimum absolute atomic E-state index is 0.0392. The minimum Gasteiger partial charge on any atom is -0.506 e. The lowest BCUT2D eigenvalue weighted by atomic mass is 10.1. The monoisotopic (exact) mass is 729 g/mol. The zero-order valence-electron chi connectivity index (χ0n) is 25.2. The molecule has 0 aliphatic heterocycles. The van der Waals surface area contributed by atoms with E-state index in [2.05, 4.69) is 16.0 Å². The summed E-state index contributed by atoms with van der Waals surface area (Å²) in [5.41, 5.74) is 0.0804. The second-order valence-corrected chi connectivity index (χ2v) is 14.7. The molecule has 0 bridgehead atoms. The molecule has 2 atom stereocenters. The van der Waals surface area contributed by atoms with Crippen LogP contribution in [0.4, 0.5) is 16.2 Å². The van der Waals surface area contributed by atoms with Crippen molar-refractivity contribution in [3.63, 3.8) is 0 Å². The van der Waals surface area contributed by atoms with Crippen LogP contribution in [0.25, 0.3) is 0 Å². The second-order valence-electron chi connectivity index (χ2n) is 10.2. The molecule has 2 unspecified atom stereocenters. The first-order chi connectivity index (χ1) is 21.8. The summed E-state index contributed by atoms with van der Waals surface area (Å²) in [4.78, 5) is 38.2. The van der Waals surface area contributed by atoms with E-state index in [0.29, 0.717) is 18.2 Å². The molecule has 3 aromatic carbocycles. The van der Waals surface area contributed by atoms with E-state index in [-0.39, 0.29) is 49.9 Å². The summed E-state index contributed by atoms with van der Waals surface area (Å²) < 4.78 is 32.0. The van der Waals surface area contributed by atoms with Crippen molar-refractivity contribution in [2.45, 2.75) is 48.7 Å². The van der Waals surface area contributed by atoms with Crippen LogP contribution in [0.5, 0.6) is 5.75 Å². The molecule has 0 fully saturated rings. The van der Waals surface area contributed by atoms with Crippen LogP contribution in [0, 0.1) is 5.92 Å². The van der Waals surface area contributed by atoms with Gasteiger partial charge in [0.2, 0.25) is 5.91 Å². The van der Waals surface area contributed by atoms with E-state index in [4.69, 9.17) is 39.5 Å². The number of aromatic hydroxyl groups is 1. The van der Waals surface area contributed by atoms with Gasteiger partial charge in [0.05, 0.1) is 31.3 Å². The SMILES string of the molecule is CCC(C)CNC(=O)OCCSc1ccc(S(=O)(=O)C(CC)C(=O)Nc2cc(O)c(NC(=O)c3ccc(Cl)c(Cl)c3)cc2Cl)cc1. The molecule has 3 aromatic rings. The molecule has 0 aromatic heterocycles. The van der Waals surface area contributed by atoms with Gasteiger partial charge in [-0.25, -0.2) is 13.2 Å². The number of phenols is 1. The molecule has 0 heterocycles. The number of benzene rings is 3. The van der Waals surface area contributed by atoms with Crippen molar-refractivity contribution in [3.8, 4) is 5.75 Å². The van der Waals surface area contributed by atoms with Crippen molar-refractivity contribution in [1.29, 1.82) is 0 Å². The Bertz CT molecular complexity index is 1670. The number of hydrogen-bond acceptors (Lipinski definition) is 8. The number of hydrogen-bond donors (Lipinski definition) is 4. The molecule has 3 rings (SSSR count). The van der Waals surface area contributed by atoms with Gasteiger partial charge in [0.1, 0.15) is 17.6 Å². The number of rotatable bonds is 14. The van der Waals surface area contributed by atoms with Gasteiger partial charge in [-0.1, -0.05) is 62.0 Å². The van der Waals surface area contributed by atoms with Gasteiger partial charge in [-0.3, -0.25) is 9.59 Å². The Balaban J connectivity index is 1.61. The normalized spacial score (nSPS) is 12.6. The van der Waals surface area contributed by atoms with E-state index in [0.717, 1.165) is 17.4 Å². The number of alkyl carbamates (subject to hydrolysis) is 1. The standard InChI is InChI=1S/C31H34Cl3N3O7S2/c1-4-18(3)17-35-31(41)44-12-13-45-20-7-9-21(10-8-20)46(42,43)28(5-2)30(40)36-25-16-27(38)26(15-24(25)34)37-29(39)19-6-11-22(32)23(33)14-19/h6-11,14-16,18,28,38H,4-5,12-13,17H2,1-3H3,(H,35,41)(H,36,40)(H,37,39). The molecule has 4 N–H and O–H groups in total. The Morgan fingerprint density at radius 3 is 2.22 bits per heavy atom. The highest BCUT2D eigenvalue weighted by Gasteiger charge is 2.33. The smallest absolute Gasteiger partial charge is 0.407 e. The fourth-order valence-corrected chi connectivity index (χ4v) is 6.85. The zero-order chi connectivity index (χ0) is 34.0. The Morgan fingerprint density at radius 1 is 0.891 bits per heavy atom. The largest absolute Gasteiger partial charge is 0.506 e. The van der Waals surface area contributed by atoms with E-state index in [1.165, 1.54) is 48.2 Å². The van der Waals surface area contributed by atoms with Crippen LogP contribution in [0.1, 0.15) is 44.0 Å². The summed E-state index contributed by atoms with van der Waals surface area (Å²) in [5, 5.41) is 17.1. The topological polar surface area (TPSA) is 151 Å². The van der Waals surface area contributed by atoms with Crippen LogP contribution in [-0.4, -0.2) is 55.6 Å². The van der Waals surface area contributed by atoms with Gasteiger partial charge < -0.3 is 25.8 Å². The first-order valence-corrected chi connectivity index (χ1v) is 17.9. The number of anilines is 2. The predicted molar refractivity (Wildman–Crippen MR) is 183 cm³/mol. The average Bonchev–Trinajstić information content (AvgIpc) is 3.02. The molecule has 46 heavy (non-hydrogen) atoms. The van der Waals surface area contributed by atoms with Crippen molar-refractivity contribution in [2.24, 2.45) is 5.92 Å². The maximum absolute atomic E-state index is 13.4. The highest BCUT2D eigenvalue weighted by molar-refractivity contribution is 7.99. The molecule has 0 saturated heterocycles. The molecule has 10 nitrogen and oxygen atoms in total. The molecule has 0 aliphatic carbocycles. The lowest BCUT2D eigenvalue weighted by molar-refractivity contribution is -0.115. The van der Waals surface area contributed by atoms with Crippen molar-refractivity contribution >= 4 is 85.7 Å². The third-order valence-electron chi connectivity index (χ3n) is 6.84. The fourth-order valence-electron chi connectivity index (χ4n) is 3.99. The van der Waals surface area contributed by atoms with Gasteiger partial charge in [-0.15, -0.1) is 11.8 Å². The van der Waals surface area contributed by atoms with Gasteiger partial charge >= 0.3 is 6.09 Å². The van der Waals surface area contributed by atoms with E-state index in [1.807, 2.05) is 13.8 Å². The summed E-state index contributed by atoms with van der Waals surface area (Å²) in [6.45, 7) is 6.35. The van der Waals surface area contributed by atoms with Crippen LogP contribution < -0.4 is 16.0 Å². The maximum atomic E-state index is 13.4. The Morgan fingerprint density at radius 2 is 1.59 bits per heavy atom. The van der Waals surface area contributed by atoms with Gasteiger partial charge in [-0.2, -0.15) is 0 Å². The molecule has 0 spiro atoms. The number of carbonyl (C=O) groups excluding carboxylic acids is 3. The quantitative estimate of drug-likeness (QED) is 0.0750. The lowest BCUT2D eigenvalue weighted by Gasteiger charge is -2.18. The first kappa shape index (κ1) is 37.3.